The van der Waals surface area contributed by atoms with Crippen LogP contribution >= 0.6 is 0 Å². The first-order valence-electron chi connectivity index (χ1n) is 22.2. The predicted octanol–water partition coefficient (Wildman–Crippen LogP) is 14.5. The Kier molecular flexibility index (Phi) is 8.29. The van der Waals surface area contributed by atoms with Gasteiger partial charge in [-0.2, -0.15) is 0 Å². The van der Waals surface area contributed by atoms with Crippen LogP contribution in [0.4, 0.5) is 0 Å². The van der Waals surface area contributed by atoms with Crippen LogP contribution in [-0.4, -0.2) is 24.9 Å². The van der Waals surface area contributed by atoms with E-state index in [-0.39, 0.29) is 10.8 Å². The van der Waals surface area contributed by atoms with E-state index in [9.17, 15) is 0 Å². The first-order valence-corrected chi connectivity index (χ1v) is 22.2. The highest BCUT2D eigenvalue weighted by Crippen LogP contribution is 2.51. The lowest BCUT2D eigenvalue weighted by Crippen LogP contribution is -2.15. The topological polar surface area (TPSA) is 64.5 Å². The van der Waals surface area contributed by atoms with Crippen LogP contribution in [0.25, 0.3) is 100 Å². The molecule has 0 radical (unpaired) electrons. The summed E-state index contributed by atoms with van der Waals surface area (Å²) in [4.78, 5) is 26.6. The minimum Gasteiger partial charge on any atom is -0.252 e. The number of aryl methyl sites for hydroxylation is 2. The number of rotatable bonds is 5. The molecule has 0 saturated carbocycles. The standard InChI is InChI=1S/C59H45N5/c1-34-27-36-15-7-9-17-43(36)53(60-34)40-29-41(54-44-18-10-8-16-37(44)28-35(2)61-54)31-42(30-40)57-63-55(38-23-25-47-45-19-11-13-21-49(45)58(3,4)51(47)32-38)62-56(64-57)39-24-26-48-46-20-12-14-22-50(46)59(5,6)52(48)33-39/h7-33H,1-6H3. The molecule has 3 heterocycles. The first kappa shape index (κ1) is 38.1. The molecule has 0 N–H and O–H groups in total. The van der Waals surface area contributed by atoms with E-state index in [0.29, 0.717) is 17.5 Å². The van der Waals surface area contributed by atoms with Crippen molar-refractivity contribution in [2.75, 3.05) is 0 Å². The third-order valence-corrected chi connectivity index (χ3v) is 13.8. The fraction of sp³-hybridized carbons (Fsp3) is 0.136. The summed E-state index contributed by atoms with van der Waals surface area (Å²) >= 11 is 0. The largest absolute Gasteiger partial charge is 0.252 e. The predicted molar refractivity (Wildman–Crippen MR) is 262 cm³/mol. The summed E-state index contributed by atoms with van der Waals surface area (Å²) in [6.45, 7) is 13.4. The van der Waals surface area contributed by atoms with Crippen molar-refractivity contribution in [3.8, 4) is 78.9 Å². The van der Waals surface area contributed by atoms with Crippen LogP contribution in [0.5, 0.6) is 0 Å². The van der Waals surface area contributed by atoms with Crippen molar-refractivity contribution in [3.63, 3.8) is 0 Å². The number of benzene rings is 7. The van der Waals surface area contributed by atoms with Crippen LogP contribution in [0.15, 0.2) is 164 Å². The summed E-state index contributed by atoms with van der Waals surface area (Å²) in [5.74, 6) is 1.84. The van der Waals surface area contributed by atoms with Crippen molar-refractivity contribution >= 4 is 21.5 Å². The third-order valence-electron chi connectivity index (χ3n) is 13.8. The average Bonchev–Trinajstić information content (AvgIpc) is 3.69. The molecule has 0 amide bonds. The van der Waals surface area contributed by atoms with E-state index in [4.69, 9.17) is 24.9 Å². The second kappa shape index (κ2) is 13.9. The van der Waals surface area contributed by atoms with Crippen molar-refractivity contribution in [3.05, 3.63) is 197 Å². The Labute approximate surface area is 373 Å². The molecular formula is C59H45N5. The van der Waals surface area contributed by atoms with Gasteiger partial charge >= 0.3 is 0 Å². The van der Waals surface area contributed by atoms with Crippen LogP contribution in [-0.2, 0) is 10.8 Å². The molecule has 7 aromatic carbocycles. The molecule has 64 heavy (non-hydrogen) atoms. The van der Waals surface area contributed by atoms with Gasteiger partial charge in [-0.05, 0) is 112 Å². The van der Waals surface area contributed by atoms with E-state index >= 15 is 0 Å². The van der Waals surface area contributed by atoms with Gasteiger partial charge in [-0.1, -0.05) is 149 Å². The summed E-state index contributed by atoms with van der Waals surface area (Å²) in [6.07, 6.45) is 0. The SMILES string of the molecule is Cc1cc2ccccc2c(-c2cc(-c3nc(-c4ccc5c(c4)C(C)(C)c4ccccc4-5)nc(-c4ccc5c(c4)C(C)(C)c4ccccc4-5)n3)cc(-c3nc(C)cc4ccccc34)c2)n1. The molecule has 0 atom stereocenters. The summed E-state index contributed by atoms with van der Waals surface area (Å²) < 4.78 is 0. The number of fused-ring (bicyclic) bond motifs is 8. The molecule has 2 aliphatic carbocycles. The maximum Gasteiger partial charge on any atom is 0.164 e. The maximum atomic E-state index is 5.42. The molecule has 5 nitrogen and oxygen atoms in total. The molecule has 0 aliphatic heterocycles. The van der Waals surface area contributed by atoms with E-state index in [2.05, 4.69) is 205 Å². The Morgan fingerprint density at radius 2 is 0.688 bits per heavy atom. The van der Waals surface area contributed by atoms with Crippen LogP contribution in [0.2, 0.25) is 0 Å². The molecule has 10 aromatic rings. The van der Waals surface area contributed by atoms with Crippen molar-refractivity contribution in [1.29, 1.82) is 0 Å². The molecule has 0 saturated heterocycles. The summed E-state index contributed by atoms with van der Waals surface area (Å²) in [7, 11) is 0. The minimum absolute atomic E-state index is 0.183. The lowest BCUT2D eigenvalue weighted by atomic mass is 9.82. The number of hydrogen-bond donors (Lipinski definition) is 0. The molecule has 0 fully saturated rings. The molecule has 0 unspecified atom stereocenters. The molecule has 12 rings (SSSR count). The van der Waals surface area contributed by atoms with Gasteiger partial charge in [0, 0.05) is 60.8 Å². The summed E-state index contributed by atoms with van der Waals surface area (Å²) in [5.41, 5.74) is 18.3. The Morgan fingerprint density at radius 1 is 0.312 bits per heavy atom. The number of hydrogen-bond acceptors (Lipinski definition) is 5. The van der Waals surface area contributed by atoms with Gasteiger partial charge in [0.1, 0.15) is 0 Å². The summed E-state index contributed by atoms with van der Waals surface area (Å²) in [6, 6.07) is 58.9. The van der Waals surface area contributed by atoms with Crippen molar-refractivity contribution in [2.24, 2.45) is 0 Å². The van der Waals surface area contributed by atoms with E-state index in [1.807, 2.05) is 0 Å². The molecule has 3 aromatic heterocycles. The quantitative estimate of drug-likeness (QED) is 0.173. The highest BCUT2D eigenvalue weighted by Gasteiger charge is 2.37. The second-order valence-corrected chi connectivity index (χ2v) is 18.6. The highest BCUT2D eigenvalue weighted by molar-refractivity contribution is 5.99. The van der Waals surface area contributed by atoms with Gasteiger partial charge in [0.2, 0.25) is 0 Å². The zero-order valence-corrected chi connectivity index (χ0v) is 36.8. The van der Waals surface area contributed by atoms with Crippen LogP contribution in [0.3, 0.4) is 0 Å². The second-order valence-electron chi connectivity index (χ2n) is 18.6. The van der Waals surface area contributed by atoms with Crippen LogP contribution in [0, 0.1) is 13.8 Å². The van der Waals surface area contributed by atoms with Crippen LogP contribution in [0.1, 0.15) is 61.3 Å². The Hall–Kier alpha value is -7.63. The Bertz CT molecular complexity index is 3370. The van der Waals surface area contributed by atoms with Gasteiger partial charge in [-0.25, -0.2) is 15.0 Å². The summed E-state index contributed by atoms with van der Waals surface area (Å²) in [5, 5.41) is 4.45. The lowest BCUT2D eigenvalue weighted by molar-refractivity contribution is 0.660. The zero-order valence-electron chi connectivity index (χ0n) is 36.8. The molecule has 2 aliphatic rings. The van der Waals surface area contributed by atoms with Gasteiger partial charge in [0.15, 0.2) is 17.5 Å². The molecule has 0 spiro atoms. The van der Waals surface area contributed by atoms with E-state index in [0.717, 1.165) is 72.1 Å². The fourth-order valence-electron chi connectivity index (χ4n) is 10.6. The molecular weight excluding hydrogens is 779 g/mol. The van der Waals surface area contributed by atoms with E-state index in [1.54, 1.807) is 0 Å². The fourth-order valence-corrected chi connectivity index (χ4v) is 10.6. The zero-order chi connectivity index (χ0) is 43.5. The first-order chi connectivity index (χ1) is 31.0. The van der Waals surface area contributed by atoms with Gasteiger partial charge in [-0.3, -0.25) is 9.97 Å². The van der Waals surface area contributed by atoms with E-state index in [1.165, 1.54) is 44.5 Å². The number of nitrogens with zero attached hydrogens (tertiary/aromatic N) is 5. The van der Waals surface area contributed by atoms with Crippen molar-refractivity contribution in [2.45, 2.75) is 52.4 Å². The van der Waals surface area contributed by atoms with E-state index < -0.39 is 0 Å². The van der Waals surface area contributed by atoms with Gasteiger partial charge in [0.25, 0.3) is 0 Å². The Balaban J connectivity index is 1.11. The lowest BCUT2D eigenvalue weighted by Gasteiger charge is -2.22. The third kappa shape index (κ3) is 5.87. The van der Waals surface area contributed by atoms with Gasteiger partial charge in [0.05, 0.1) is 11.4 Å². The monoisotopic (exact) mass is 823 g/mol. The van der Waals surface area contributed by atoms with Gasteiger partial charge in [-0.15, -0.1) is 0 Å². The average molecular weight is 824 g/mol. The number of aromatic nitrogens is 5. The number of pyridine rings is 2. The van der Waals surface area contributed by atoms with Crippen molar-refractivity contribution in [1.82, 2.24) is 24.9 Å². The minimum atomic E-state index is -0.183. The highest BCUT2D eigenvalue weighted by atomic mass is 15.0. The molecule has 5 heteroatoms. The van der Waals surface area contributed by atoms with Crippen molar-refractivity contribution < 1.29 is 0 Å². The normalized spacial score (nSPS) is 14.0. The maximum absolute atomic E-state index is 5.42. The molecule has 306 valence electrons. The molecule has 0 bridgehead atoms. The Morgan fingerprint density at radius 3 is 1.16 bits per heavy atom. The smallest absolute Gasteiger partial charge is 0.164 e. The van der Waals surface area contributed by atoms with Gasteiger partial charge < -0.3 is 0 Å². The van der Waals surface area contributed by atoms with Crippen LogP contribution < -0.4 is 0 Å².